The van der Waals surface area contributed by atoms with Crippen LogP contribution in [0, 0.1) is 13.8 Å². The first-order chi connectivity index (χ1) is 16.1. The number of benzene rings is 2. The number of ether oxygens (including phenoxy) is 3. The molecule has 8 nitrogen and oxygen atoms in total. The number of methoxy groups -OCH3 is 1. The molecule has 2 N–H and O–H groups in total. The Morgan fingerprint density at radius 2 is 1.74 bits per heavy atom. The van der Waals surface area contributed by atoms with Crippen molar-refractivity contribution >= 4 is 29.5 Å². The highest BCUT2D eigenvalue weighted by atomic mass is 19.3. The van der Waals surface area contributed by atoms with E-state index in [4.69, 9.17) is 9.47 Å². The minimum Gasteiger partial charge on any atom is -0.493 e. The van der Waals surface area contributed by atoms with Gasteiger partial charge in [0, 0.05) is 11.8 Å². The monoisotopic (exact) mass is 476 g/mol. The van der Waals surface area contributed by atoms with Gasteiger partial charge in [-0.2, -0.15) is 8.78 Å². The lowest BCUT2D eigenvalue weighted by Gasteiger charge is -2.14. The second-order valence-corrected chi connectivity index (χ2v) is 7.23. The van der Waals surface area contributed by atoms with Gasteiger partial charge < -0.3 is 24.8 Å². The molecule has 2 aromatic rings. The van der Waals surface area contributed by atoms with E-state index in [9.17, 15) is 23.2 Å². The fourth-order valence-electron chi connectivity index (χ4n) is 2.92. The summed E-state index contributed by atoms with van der Waals surface area (Å²) >= 11 is 0. The lowest BCUT2D eigenvalue weighted by molar-refractivity contribution is -0.150. The number of hydrogen-bond acceptors (Lipinski definition) is 6. The van der Waals surface area contributed by atoms with E-state index in [0.29, 0.717) is 11.3 Å². The van der Waals surface area contributed by atoms with E-state index in [-0.39, 0.29) is 18.0 Å². The summed E-state index contributed by atoms with van der Waals surface area (Å²) in [6.07, 6.45) is 1.28. The van der Waals surface area contributed by atoms with Crippen LogP contribution in [0.2, 0.25) is 0 Å². The van der Waals surface area contributed by atoms with E-state index < -0.39 is 30.5 Å². The van der Waals surface area contributed by atoms with Crippen LogP contribution < -0.4 is 20.1 Å². The Labute approximate surface area is 195 Å². The maximum absolute atomic E-state index is 12.4. The van der Waals surface area contributed by atoms with E-state index in [1.54, 1.807) is 0 Å². The maximum Gasteiger partial charge on any atom is 0.387 e. The van der Waals surface area contributed by atoms with Gasteiger partial charge in [-0.3, -0.25) is 9.59 Å². The van der Waals surface area contributed by atoms with Crippen molar-refractivity contribution in [1.82, 2.24) is 5.32 Å². The lowest BCUT2D eigenvalue weighted by Crippen LogP contribution is -2.40. The number of esters is 1. The first-order valence-electron chi connectivity index (χ1n) is 10.3. The molecule has 0 fully saturated rings. The molecule has 1 unspecified atom stereocenters. The zero-order chi connectivity index (χ0) is 25.3. The van der Waals surface area contributed by atoms with Crippen molar-refractivity contribution in [2.45, 2.75) is 33.5 Å². The van der Waals surface area contributed by atoms with Crippen molar-refractivity contribution in [2.24, 2.45) is 0 Å². The average molecular weight is 476 g/mol. The fourth-order valence-corrected chi connectivity index (χ4v) is 2.92. The largest absolute Gasteiger partial charge is 0.493 e. The van der Waals surface area contributed by atoms with Crippen LogP contribution in [0.5, 0.6) is 11.5 Å². The van der Waals surface area contributed by atoms with Crippen LogP contribution in [0.4, 0.5) is 14.5 Å². The molecular weight excluding hydrogens is 450 g/mol. The van der Waals surface area contributed by atoms with E-state index in [2.05, 4.69) is 15.4 Å². The summed E-state index contributed by atoms with van der Waals surface area (Å²) < 4.78 is 39.2. The zero-order valence-corrected chi connectivity index (χ0v) is 19.2. The summed E-state index contributed by atoms with van der Waals surface area (Å²) in [4.78, 5) is 36.4. The molecule has 34 heavy (non-hydrogen) atoms. The zero-order valence-electron chi connectivity index (χ0n) is 19.2. The number of amides is 2. The van der Waals surface area contributed by atoms with Gasteiger partial charge in [0.25, 0.3) is 5.91 Å². The molecule has 0 radical (unpaired) electrons. The van der Waals surface area contributed by atoms with Gasteiger partial charge in [-0.05, 0) is 55.7 Å². The minimum absolute atomic E-state index is 0.0581. The predicted molar refractivity (Wildman–Crippen MR) is 122 cm³/mol. The molecule has 10 heteroatoms. The summed E-state index contributed by atoms with van der Waals surface area (Å²) in [5.74, 6) is -1.97. The van der Waals surface area contributed by atoms with Gasteiger partial charge in [-0.25, -0.2) is 4.79 Å². The molecule has 0 bridgehead atoms. The summed E-state index contributed by atoms with van der Waals surface area (Å²) in [7, 11) is 1.29. The average Bonchev–Trinajstić information content (AvgIpc) is 2.78. The lowest BCUT2D eigenvalue weighted by atomic mass is 10.1. The molecule has 0 aliphatic rings. The molecule has 2 aromatic carbocycles. The highest BCUT2D eigenvalue weighted by molar-refractivity contribution is 5.96. The normalized spacial score (nSPS) is 11.7. The minimum atomic E-state index is -3.00. The molecule has 0 spiro atoms. The van der Waals surface area contributed by atoms with Crippen LogP contribution >= 0.6 is 0 Å². The van der Waals surface area contributed by atoms with E-state index in [1.807, 2.05) is 32.0 Å². The number of hydrogen-bond donors (Lipinski definition) is 2. The van der Waals surface area contributed by atoms with Crippen molar-refractivity contribution in [1.29, 1.82) is 0 Å². The molecule has 2 amide bonds. The Morgan fingerprint density at radius 3 is 2.35 bits per heavy atom. The highest BCUT2D eigenvalue weighted by Crippen LogP contribution is 2.29. The van der Waals surface area contributed by atoms with Crippen molar-refractivity contribution in [3.8, 4) is 11.5 Å². The first kappa shape index (κ1) is 26.3. The Morgan fingerprint density at radius 1 is 1.06 bits per heavy atom. The Balaban J connectivity index is 1.86. The number of rotatable bonds is 10. The molecule has 0 heterocycles. The third kappa shape index (κ3) is 7.88. The van der Waals surface area contributed by atoms with Crippen LogP contribution in [-0.2, 0) is 19.1 Å². The third-order valence-corrected chi connectivity index (χ3v) is 4.65. The van der Waals surface area contributed by atoms with Crippen molar-refractivity contribution in [2.75, 3.05) is 19.0 Å². The van der Waals surface area contributed by atoms with Crippen molar-refractivity contribution < 1.29 is 37.4 Å². The number of nitrogens with one attached hydrogen (secondary N) is 2. The van der Waals surface area contributed by atoms with Crippen LogP contribution in [-0.4, -0.2) is 44.2 Å². The second kappa shape index (κ2) is 12.3. The Kier molecular flexibility index (Phi) is 9.54. The van der Waals surface area contributed by atoms with Gasteiger partial charge in [0.1, 0.15) is 0 Å². The molecule has 0 saturated heterocycles. The molecule has 0 aliphatic carbocycles. The summed E-state index contributed by atoms with van der Waals surface area (Å²) in [6, 6.07) is 9.70. The smallest absolute Gasteiger partial charge is 0.387 e. The number of para-hydroxylation sites is 1. The van der Waals surface area contributed by atoms with Gasteiger partial charge in [0.2, 0.25) is 5.91 Å². The van der Waals surface area contributed by atoms with Gasteiger partial charge in [-0.1, -0.05) is 24.3 Å². The number of anilines is 1. The molecule has 182 valence electrons. The number of aryl methyl sites for hydroxylation is 2. The van der Waals surface area contributed by atoms with Crippen molar-refractivity contribution in [3.63, 3.8) is 0 Å². The molecule has 0 saturated carbocycles. The fraction of sp³-hybridized carbons (Fsp3) is 0.292. The quantitative estimate of drug-likeness (QED) is 0.401. The molecule has 0 aliphatic heterocycles. The number of halogens is 2. The van der Waals surface area contributed by atoms with Crippen LogP contribution in [0.25, 0.3) is 6.08 Å². The Hall–Kier alpha value is -3.95. The summed E-state index contributed by atoms with van der Waals surface area (Å²) in [5.41, 5.74) is 2.91. The van der Waals surface area contributed by atoms with E-state index in [1.165, 1.54) is 38.3 Å². The standard InChI is InChI=1S/C24H26F2N2O6/c1-14-6-5-7-15(2)22(14)28-20(29)13-27-23(31)16(3)33-21(30)11-9-17-8-10-18(34-24(25)26)19(12-17)32-4/h5-12,16,24H,13H2,1-4H3,(H,27,31)(H,28,29)/b11-9+. The number of alkyl halides is 2. The topological polar surface area (TPSA) is 103 Å². The number of carbonyl (C=O) groups is 3. The predicted octanol–water partition coefficient (Wildman–Crippen LogP) is 3.61. The van der Waals surface area contributed by atoms with Crippen LogP contribution in [0.1, 0.15) is 23.6 Å². The third-order valence-electron chi connectivity index (χ3n) is 4.65. The maximum atomic E-state index is 12.4. The number of carbonyl (C=O) groups excluding carboxylic acids is 3. The van der Waals surface area contributed by atoms with Crippen molar-refractivity contribution in [3.05, 3.63) is 59.2 Å². The SMILES string of the molecule is COc1cc(/C=C/C(=O)OC(C)C(=O)NCC(=O)Nc2c(C)cccc2C)ccc1OC(F)F. The summed E-state index contributed by atoms with van der Waals surface area (Å²) in [5, 5.41) is 5.16. The van der Waals surface area contributed by atoms with Crippen LogP contribution in [0.15, 0.2) is 42.5 Å². The Bertz CT molecular complexity index is 1050. The highest BCUT2D eigenvalue weighted by Gasteiger charge is 2.18. The van der Waals surface area contributed by atoms with Gasteiger partial charge in [0.05, 0.1) is 13.7 Å². The second-order valence-electron chi connectivity index (χ2n) is 7.23. The summed E-state index contributed by atoms with van der Waals surface area (Å²) in [6.45, 7) is 1.78. The molecule has 0 aromatic heterocycles. The molecule has 1 atom stereocenters. The van der Waals surface area contributed by atoms with Gasteiger partial charge in [0.15, 0.2) is 17.6 Å². The van der Waals surface area contributed by atoms with Crippen LogP contribution in [0.3, 0.4) is 0 Å². The molecule has 2 rings (SSSR count). The van der Waals surface area contributed by atoms with Gasteiger partial charge in [-0.15, -0.1) is 0 Å². The first-order valence-corrected chi connectivity index (χ1v) is 10.3. The van der Waals surface area contributed by atoms with Gasteiger partial charge >= 0.3 is 12.6 Å². The molecular formula is C24H26F2N2O6. The van der Waals surface area contributed by atoms with E-state index >= 15 is 0 Å². The van der Waals surface area contributed by atoms with E-state index in [0.717, 1.165) is 17.2 Å².